The number of benzene rings is 3. The van der Waals surface area contributed by atoms with E-state index in [-0.39, 0.29) is 0 Å². The Labute approximate surface area is 181 Å². The fraction of sp³-hybridized carbons (Fsp3) is 0.200. The second-order valence-electron chi connectivity index (χ2n) is 6.92. The zero-order valence-corrected chi connectivity index (χ0v) is 18.5. The Hall–Kier alpha value is -2.72. The molecule has 29 heavy (non-hydrogen) atoms. The smallest absolute Gasteiger partial charge is 0.165 e. The molecule has 0 fully saturated rings. The van der Waals surface area contributed by atoms with Gasteiger partial charge in [-0.05, 0) is 66.4 Å². The molecule has 3 nitrogen and oxygen atoms in total. The molecule has 4 heteroatoms. The van der Waals surface area contributed by atoms with Gasteiger partial charge in [-0.25, -0.2) is 0 Å². The molecule has 0 spiro atoms. The first kappa shape index (κ1) is 21.0. The van der Waals surface area contributed by atoms with E-state index in [1.807, 2.05) is 36.4 Å². The standard InChI is InChI=1S/C25H26BrNO2/c1-4-6-21-14-20(16-27-23-8-5-7-18(2)13-23)15-24(28-3)25(21)29-17-19-9-11-22(26)12-10-19/h4-5,7-15,27H,1,6,16-17H2,2-3H3. The molecule has 0 aliphatic carbocycles. The number of nitrogens with one attached hydrogen (secondary N) is 1. The van der Waals surface area contributed by atoms with E-state index in [1.165, 1.54) is 5.56 Å². The van der Waals surface area contributed by atoms with Gasteiger partial charge in [-0.1, -0.05) is 46.3 Å². The van der Waals surface area contributed by atoms with E-state index in [0.717, 1.165) is 38.3 Å². The first-order valence-corrected chi connectivity index (χ1v) is 10.4. The zero-order chi connectivity index (χ0) is 20.6. The number of halogens is 1. The molecule has 0 saturated heterocycles. The first-order valence-electron chi connectivity index (χ1n) is 9.57. The van der Waals surface area contributed by atoms with Crippen LogP contribution in [0.2, 0.25) is 0 Å². The van der Waals surface area contributed by atoms with E-state index in [1.54, 1.807) is 7.11 Å². The highest BCUT2D eigenvalue weighted by molar-refractivity contribution is 9.10. The fourth-order valence-electron chi connectivity index (χ4n) is 3.14. The number of hydrogen-bond acceptors (Lipinski definition) is 3. The molecule has 150 valence electrons. The van der Waals surface area contributed by atoms with Crippen LogP contribution in [-0.2, 0) is 19.6 Å². The monoisotopic (exact) mass is 451 g/mol. The predicted octanol–water partition coefficient (Wildman–Crippen LogP) is 6.69. The summed E-state index contributed by atoms with van der Waals surface area (Å²) in [5.74, 6) is 1.51. The first-order chi connectivity index (χ1) is 14.1. The second kappa shape index (κ2) is 10.2. The van der Waals surface area contributed by atoms with Crippen molar-refractivity contribution in [1.82, 2.24) is 0 Å². The molecule has 3 rings (SSSR count). The molecule has 3 aromatic rings. The lowest BCUT2D eigenvalue weighted by molar-refractivity contribution is 0.281. The van der Waals surface area contributed by atoms with Crippen LogP contribution in [0.25, 0.3) is 0 Å². The lowest BCUT2D eigenvalue weighted by atomic mass is 10.0. The lowest BCUT2D eigenvalue weighted by Crippen LogP contribution is -2.05. The zero-order valence-electron chi connectivity index (χ0n) is 16.9. The van der Waals surface area contributed by atoms with Crippen LogP contribution in [0.15, 0.2) is 77.8 Å². The molecule has 1 N–H and O–H groups in total. The van der Waals surface area contributed by atoms with Crippen LogP contribution in [-0.4, -0.2) is 7.11 Å². The SMILES string of the molecule is C=CCc1cc(CNc2cccc(C)c2)cc(OC)c1OCc1ccc(Br)cc1. The third-order valence-electron chi connectivity index (χ3n) is 4.59. The fourth-order valence-corrected chi connectivity index (χ4v) is 3.41. The van der Waals surface area contributed by atoms with Crippen molar-refractivity contribution in [1.29, 1.82) is 0 Å². The molecule has 0 unspecified atom stereocenters. The summed E-state index contributed by atoms with van der Waals surface area (Å²) in [6, 6.07) is 20.7. The molecule has 0 bridgehead atoms. The van der Waals surface area contributed by atoms with Crippen molar-refractivity contribution in [3.63, 3.8) is 0 Å². The number of aryl methyl sites for hydroxylation is 1. The number of methoxy groups -OCH3 is 1. The number of ether oxygens (including phenoxy) is 2. The average molecular weight is 452 g/mol. The topological polar surface area (TPSA) is 30.5 Å². The minimum Gasteiger partial charge on any atom is -0.493 e. The van der Waals surface area contributed by atoms with E-state index in [4.69, 9.17) is 9.47 Å². The van der Waals surface area contributed by atoms with Crippen molar-refractivity contribution in [2.75, 3.05) is 12.4 Å². The molecule has 0 radical (unpaired) electrons. The summed E-state index contributed by atoms with van der Waals surface area (Å²) in [6.07, 6.45) is 2.60. The van der Waals surface area contributed by atoms with Crippen molar-refractivity contribution < 1.29 is 9.47 Å². The highest BCUT2D eigenvalue weighted by atomic mass is 79.9. The van der Waals surface area contributed by atoms with Crippen molar-refractivity contribution in [2.45, 2.75) is 26.5 Å². The van der Waals surface area contributed by atoms with Crippen LogP contribution in [0.5, 0.6) is 11.5 Å². The van der Waals surface area contributed by atoms with Gasteiger partial charge in [0, 0.05) is 22.3 Å². The molecular formula is C25H26BrNO2. The van der Waals surface area contributed by atoms with E-state index >= 15 is 0 Å². The van der Waals surface area contributed by atoms with Gasteiger partial charge in [0.05, 0.1) is 7.11 Å². The molecule has 0 atom stereocenters. The molecule has 0 aromatic heterocycles. The Kier molecular flexibility index (Phi) is 7.36. The maximum Gasteiger partial charge on any atom is 0.165 e. The molecular weight excluding hydrogens is 426 g/mol. The van der Waals surface area contributed by atoms with Gasteiger partial charge in [-0.2, -0.15) is 0 Å². The van der Waals surface area contributed by atoms with Crippen LogP contribution < -0.4 is 14.8 Å². The normalized spacial score (nSPS) is 10.4. The Morgan fingerprint density at radius 1 is 1.03 bits per heavy atom. The van der Waals surface area contributed by atoms with E-state index in [2.05, 4.69) is 65.1 Å². The van der Waals surface area contributed by atoms with Crippen LogP contribution >= 0.6 is 15.9 Å². The number of allylic oxidation sites excluding steroid dienone is 1. The number of rotatable bonds is 9. The lowest BCUT2D eigenvalue weighted by Gasteiger charge is -2.17. The van der Waals surface area contributed by atoms with Gasteiger partial charge in [-0.15, -0.1) is 6.58 Å². The highest BCUT2D eigenvalue weighted by Gasteiger charge is 2.13. The molecule has 0 heterocycles. The largest absolute Gasteiger partial charge is 0.493 e. The quantitative estimate of drug-likeness (QED) is 0.367. The van der Waals surface area contributed by atoms with Crippen molar-refractivity contribution in [3.05, 3.63) is 100 Å². The van der Waals surface area contributed by atoms with Crippen LogP contribution in [0.4, 0.5) is 5.69 Å². The molecule has 0 aliphatic rings. The van der Waals surface area contributed by atoms with Crippen LogP contribution in [0.1, 0.15) is 22.3 Å². The summed E-state index contributed by atoms with van der Waals surface area (Å²) in [7, 11) is 1.68. The van der Waals surface area contributed by atoms with E-state index < -0.39 is 0 Å². The van der Waals surface area contributed by atoms with Gasteiger partial charge in [0.15, 0.2) is 11.5 Å². The van der Waals surface area contributed by atoms with Crippen molar-refractivity contribution in [3.8, 4) is 11.5 Å². The summed E-state index contributed by atoms with van der Waals surface area (Å²) in [5, 5.41) is 3.48. The Balaban J connectivity index is 1.80. The summed E-state index contributed by atoms with van der Waals surface area (Å²) < 4.78 is 12.9. The average Bonchev–Trinajstić information content (AvgIpc) is 2.72. The van der Waals surface area contributed by atoms with Gasteiger partial charge < -0.3 is 14.8 Å². The van der Waals surface area contributed by atoms with Crippen molar-refractivity contribution in [2.24, 2.45) is 0 Å². The third kappa shape index (κ3) is 5.88. The van der Waals surface area contributed by atoms with Gasteiger partial charge in [0.1, 0.15) is 6.61 Å². The molecule has 0 aliphatic heterocycles. The Morgan fingerprint density at radius 2 is 1.83 bits per heavy atom. The predicted molar refractivity (Wildman–Crippen MR) is 124 cm³/mol. The second-order valence-corrected chi connectivity index (χ2v) is 7.83. The van der Waals surface area contributed by atoms with Gasteiger partial charge in [-0.3, -0.25) is 0 Å². The maximum atomic E-state index is 6.16. The van der Waals surface area contributed by atoms with Crippen molar-refractivity contribution >= 4 is 21.6 Å². The minimum atomic E-state index is 0.481. The maximum absolute atomic E-state index is 6.16. The van der Waals surface area contributed by atoms with E-state index in [0.29, 0.717) is 19.6 Å². The van der Waals surface area contributed by atoms with Crippen LogP contribution in [0.3, 0.4) is 0 Å². The van der Waals surface area contributed by atoms with E-state index in [9.17, 15) is 0 Å². The summed E-state index contributed by atoms with van der Waals surface area (Å²) >= 11 is 3.46. The summed E-state index contributed by atoms with van der Waals surface area (Å²) in [4.78, 5) is 0. The Bertz CT molecular complexity index is 967. The minimum absolute atomic E-state index is 0.481. The highest BCUT2D eigenvalue weighted by Crippen LogP contribution is 2.34. The molecule has 0 saturated carbocycles. The number of hydrogen-bond donors (Lipinski definition) is 1. The summed E-state index contributed by atoms with van der Waals surface area (Å²) in [5.41, 5.74) is 5.64. The number of anilines is 1. The summed E-state index contributed by atoms with van der Waals surface area (Å²) in [6.45, 7) is 7.17. The van der Waals surface area contributed by atoms with Gasteiger partial charge >= 0.3 is 0 Å². The molecule has 0 amide bonds. The van der Waals surface area contributed by atoms with Crippen LogP contribution in [0, 0.1) is 6.92 Å². The van der Waals surface area contributed by atoms with Gasteiger partial charge in [0.2, 0.25) is 0 Å². The third-order valence-corrected chi connectivity index (χ3v) is 5.12. The molecule has 3 aromatic carbocycles. The Morgan fingerprint density at radius 3 is 2.52 bits per heavy atom. The van der Waals surface area contributed by atoms with Gasteiger partial charge in [0.25, 0.3) is 0 Å².